The molecule has 13 heteroatoms. The highest BCUT2D eigenvalue weighted by atomic mass is 32.2. The molecule has 0 spiro atoms. The number of rotatable bonds is 7. The van der Waals surface area contributed by atoms with E-state index in [2.05, 4.69) is 10.6 Å². The van der Waals surface area contributed by atoms with Crippen molar-refractivity contribution >= 4 is 15.9 Å². The van der Waals surface area contributed by atoms with Crippen molar-refractivity contribution in [3.05, 3.63) is 77.4 Å². The average Bonchev–Trinajstić information content (AvgIpc) is 3.33. The van der Waals surface area contributed by atoms with Crippen molar-refractivity contribution in [2.24, 2.45) is 0 Å². The first-order valence-corrected chi connectivity index (χ1v) is 16.2. The van der Waals surface area contributed by atoms with Crippen molar-refractivity contribution in [1.29, 1.82) is 0 Å². The number of benzene rings is 2. The number of alkyl halides is 3. The number of methoxy groups -OCH3 is 1. The second-order valence-electron chi connectivity index (χ2n) is 11.2. The Balaban J connectivity index is 1.61. The Bertz CT molecular complexity index is 1390. The Labute approximate surface area is 256 Å². The first-order valence-electron chi connectivity index (χ1n) is 14.6. The van der Waals surface area contributed by atoms with Crippen LogP contribution in [0.4, 0.5) is 13.2 Å². The van der Waals surface area contributed by atoms with Gasteiger partial charge in [-0.05, 0) is 48.1 Å². The summed E-state index contributed by atoms with van der Waals surface area (Å²) in [5, 5.41) is 17.7. The maximum Gasteiger partial charge on any atom is 0.390 e. The molecule has 1 heterocycles. The Morgan fingerprint density at radius 1 is 1.14 bits per heavy atom. The molecule has 9 nitrogen and oxygen atoms in total. The van der Waals surface area contributed by atoms with Crippen LogP contribution in [-0.4, -0.2) is 87.3 Å². The quantitative estimate of drug-likeness (QED) is 0.398. The van der Waals surface area contributed by atoms with E-state index in [1.165, 1.54) is 0 Å². The first-order chi connectivity index (χ1) is 20.9. The normalized spacial score (nSPS) is 26.2. The number of carbonyl (C=O) groups excluding carboxylic acids is 1. The number of likely N-dealkylation sites (N-methyl/N-ethyl adjacent to an activating group) is 1. The predicted molar refractivity (Wildman–Crippen MR) is 160 cm³/mol. The smallest absolute Gasteiger partial charge is 0.390 e. The number of aliphatic hydroxyl groups excluding tert-OH is 1. The lowest BCUT2D eigenvalue weighted by molar-refractivity contribution is -0.130. The number of ether oxygens (including phenoxy) is 2. The second kappa shape index (κ2) is 14.9. The van der Waals surface area contributed by atoms with Crippen LogP contribution in [0, 0.1) is 0 Å². The van der Waals surface area contributed by atoms with Gasteiger partial charge in [-0.15, -0.1) is 0 Å². The number of carbonyl (C=O) groups is 1. The largest absolute Gasteiger partial charge is 0.497 e. The standard InChI is InChI=1S/C31H40F3N3O6S/c1-37(44(40,41)16-14-31(32,33)34)26-11-7-4-8-15-43-28-18-22-12-13-23(42-2)19-24(22)29(28)35-20-27(38)25(36-30(26)39)17-21-9-5-3-6-10-21/h3-6,8-10,12-13,19,25-29,35,38H,7,11,14-18,20H2,1-2H3,(H,36,39)/b8-4-/t25-,26-,27+,28+,29+/m0/s1. The van der Waals surface area contributed by atoms with Gasteiger partial charge in [-0.1, -0.05) is 48.6 Å². The topological polar surface area (TPSA) is 117 Å². The van der Waals surface area contributed by atoms with Crippen LogP contribution in [0.3, 0.4) is 0 Å². The lowest BCUT2D eigenvalue weighted by Crippen LogP contribution is -2.55. The minimum Gasteiger partial charge on any atom is -0.497 e. The molecular formula is C31H40F3N3O6S. The Kier molecular flexibility index (Phi) is 11.5. The van der Waals surface area contributed by atoms with E-state index >= 15 is 0 Å². The fourth-order valence-electron chi connectivity index (χ4n) is 5.61. The summed E-state index contributed by atoms with van der Waals surface area (Å²) in [6.07, 6.45) is -2.81. The highest BCUT2D eigenvalue weighted by Crippen LogP contribution is 2.36. The number of fused-ring (bicyclic) bond motifs is 3. The molecule has 0 unspecified atom stereocenters. The van der Waals surface area contributed by atoms with Crippen LogP contribution >= 0.6 is 0 Å². The van der Waals surface area contributed by atoms with E-state index < -0.39 is 52.5 Å². The number of nitrogens with zero attached hydrogens (tertiary/aromatic N) is 1. The summed E-state index contributed by atoms with van der Waals surface area (Å²) in [7, 11) is -1.72. The fourth-order valence-corrected chi connectivity index (χ4v) is 6.97. The summed E-state index contributed by atoms with van der Waals surface area (Å²) < 4.78 is 76.7. The van der Waals surface area contributed by atoms with Crippen molar-refractivity contribution < 1.29 is 41.0 Å². The Morgan fingerprint density at radius 2 is 1.89 bits per heavy atom. The van der Waals surface area contributed by atoms with Crippen molar-refractivity contribution in [1.82, 2.24) is 14.9 Å². The highest BCUT2D eigenvalue weighted by molar-refractivity contribution is 7.89. The summed E-state index contributed by atoms with van der Waals surface area (Å²) in [4.78, 5) is 13.7. The first kappa shape index (κ1) is 33.9. The fraction of sp³-hybridized carbons (Fsp3) is 0.516. The van der Waals surface area contributed by atoms with E-state index in [1.54, 1.807) is 19.3 Å². The van der Waals surface area contributed by atoms with Gasteiger partial charge in [0.25, 0.3) is 0 Å². The maximum atomic E-state index is 13.7. The molecule has 1 amide bonds. The zero-order valence-electron chi connectivity index (χ0n) is 24.8. The molecule has 2 aromatic carbocycles. The minimum atomic E-state index is -4.66. The van der Waals surface area contributed by atoms with E-state index in [-0.39, 0.29) is 44.6 Å². The molecule has 242 valence electrons. The van der Waals surface area contributed by atoms with Crippen LogP contribution in [0.5, 0.6) is 5.75 Å². The Morgan fingerprint density at radius 3 is 2.59 bits per heavy atom. The number of amides is 1. The maximum absolute atomic E-state index is 13.7. The number of halogens is 3. The molecule has 1 aliphatic carbocycles. The molecule has 2 aromatic rings. The number of aliphatic hydroxyl groups is 1. The predicted octanol–water partition coefficient (Wildman–Crippen LogP) is 3.29. The van der Waals surface area contributed by atoms with Gasteiger partial charge in [0.2, 0.25) is 15.9 Å². The molecule has 3 N–H and O–H groups in total. The summed E-state index contributed by atoms with van der Waals surface area (Å²) in [5.41, 5.74) is 2.92. The van der Waals surface area contributed by atoms with Gasteiger partial charge < -0.3 is 25.2 Å². The molecule has 1 aliphatic heterocycles. The summed E-state index contributed by atoms with van der Waals surface area (Å²) >= 11 is 0. The summed E-state index contributed by atoms with van der Waals surface area (Å²) in [5.74, 6) is -1.18. The number of sulfonamides is 1. The highest BCUT2D eigenvalue weighted by Gasteiger charge is 2.38. The van der Waals surface area contributed by atoms with Crippen molar-refractivity contribution in [2.45, 2.75) is 68.6 Å². The average molecular weight is 640 g/mol. The minimum absolute atomic E-state index is 0.0216. The molecule has 2 aliphatic rings. The van der Waals surface area contributed by atoms with Gasteiger partial charge in [-0.2, -0.15) is 17.5 Å². The molecule has 0 saturated heterocycles. The van der Waals surface area contributed by atoms with Crippen LogP contribution in [0.15, 0.2) is 60.7 Å². The van der Waals surface area contributed by atoms with Crippen molar-refractivity contribution in [2.75, 3.05) is 33.1 Å². The zero-order valence-corrected chi connectivity index (χ0v) is 25.6. The van der Waals surface area contributed by atoms with Gasteiger partial charge in [-0.3, -0.25) is 4.79 Å². The number of nitrogens with one attached hydrogen (secondary N) is 2. The van der Waals surface area contributed by atoms with Crippen molar-refractivity contribution in [3.63, 3.8) is 0 Å². The molecule has 5 atom stereocenters. The van der Waals surface area contributed by atoms with E-state index in [1.807, 2.05) is 48.5 Å². The molecule has 0 aromatic heterocycles. The molecule has 4 rings (SSSR count). The molecule has 0 radical (unpaired) electrons. The van der Waals surface area contributed by atoms with Gasteiger partial charge in [0, 0.05) is 20.0 Å². The lowest BCUT2D eigenvalue weighted by Gasteiger charge is -2.31. The number of allylic oxidation sites excluding steroid dienone is 1. The van der Waals surface area contributed by atoms with E-state index in [0.717, 1.165) is 28.0 Å². The zero-order chi connectivity index (χ0) is 31.9. The van der Waals surface area contributed by atoms with Crippen molar-refractivity contribution in [3.8, 4) is 5.75 Å². The van der Waals surface area contributed by atoms with E-state index in [9.17, 15) is 31.5 Å². The number of hydrogen-bond donors (Lipinski definition) is 3. The summed E-state index contributed by atoms with van der Waals surface area (Å²) in [6.45, 7) is 0.322. The van der Waals surface area contributed by atoms with Gasteiger partial charge in [0.1, 0.15) is 11.8 Å². The molecule has 0 fully saturated rings. The number of β-amino-alcohol motifs (C(OH)–C–C–N with tert-alkyl or cyclic N) is 1. The van der Waals surface area contributed by atoms with Gasteiger partial charge in [0.15, 0.2) is 0 Å². The molecule has 0 saturated carbocycles. The Hall–Kier alpha value is -2.97. The number of hydrogen-bond acceptors (Lipinski definition) is 7. The van der Waals surface area contributed by atoms with Crippen LogP contribution in [0.1, 0.15) is 42.0 Å². The van der Waals surface area contributed by atoms with E-state index in [0.29, 0.717) is 12.2 Å². The monoisotopic (exact) mass is 639 g/mol. The van der Waals surface area contributed by atoms with Crippen LogP contribution in [-0.2, 0) is 32.4 Å². The molecule has 0 bridgehead atoms. The molecular weight excluding hydrogens is 599 g/mol. The third-order valence-corrected chi connectivity index (χ3v) is 9.97. The van der Waals surface area contributed by atoms with E-state index in [4.69, 9.17) is 9.47 Å². The SMILES string of the molecule is COc1ccc2c(c1)[C@H]1NC[C@@H](O)[C@H](Cc3ccccc3)NC(=O)[C@@H](N(C)S(=O)(=O)CCC(F)(F)F)CC/C=C\CO[C@@H]1C2. The third kappa shape index (κ3) is 9.04. The van der Waals surface area contributed by atoms with Gasteiger partial charge in [-0.25, -0.2) is 8.42 Å². The van der Waals surface area contributed by atoms with Crippen LogP contribution < -0.4 is 15.4 Å². The summed E-state index contributed by atoms with van der Waals surface area (Å²) in [6, 6.07) is 12.6. The van der Waals surface area contributed by atoms with Crippen LogP contribution in [0.2, 0.25) is 0 Å². The van der Waals surface area contributed by atoms with Crippen LogP contribution in [0.25, 0.3) is 0 Å². The third-order valence-electron chi connectivity index (χ3n) is 8.12. The molecule has 44 heavy (non-hydrogen) atoms. The second-order valence-corrected chi connectivity index (χ2v) is 13.3. The lowest BCUT2D eigenvalue weighted by atomic mass is 9.99. The van der Waals surface area contributed by atoms with Gasteiger partial charge in [0.05, 0.1) is 50.2 Å². The van der Waals surface area contributed by atoms with Gasteiger partial charge >= 0.3 is 6.18 Å².